The molecule has 6 N–H and O–H groups in total. The molecule has 1 aromatic carbocycles. The molecule has 0 aromatic heterocycles. The normalized spacial score (nSPS) is 28.9. The monoisotopic (exact) mass is 559 g/mol. The predicted molar refractivity (Wildman–Crippen MR) is 142 cm³/mol. The molecule has 0 heterocycles. The van der Waals surface area contributed by atoms with Crippen LogP contribution in [0.2, 0.25) is 5.02 Å². The van der Waals surface area contributed by atoms with Gasteiger partial charge in [0.1, 0.15) is 22.8 Å². The van der Waals surface area contributed by atoms with Crippen molar-refractivity contribution in [1.29, 1.82) is 0 Å². The standard InChI is InChI=1S/C28H34ClN3O7/c1-31(2)22-16-8-13-7-15-19(17(33)9-14(21(15)29)11-32(3)10-12-5-4-6-12)23(34)18(13)25(36)28(16,39)26(37)20(24(22)35)27(30)38/h9,12-13,16,22,33,35-36,39H,4-8,10-11H2,1-3H3,(H2,30,38)/t13-,16-,22-,28-/m0/s1. The van der Waals surface area contributed by atoms with Crippen LogP contribution < -0.4 is 5.73 Å². The number of halogens is 1. The molecule has 0 bridgehead atoms. The van der Waals surface area contributed by atoms with Gasteiger partial charge in [0.05, 0.1) is 11.6 Å². The number of Topliss-reactive ketones (excluding diaryl/α,β-unsaturated/α-hetero) is 2. The molecule has 0 spiro atoms. The van der Waals surface area contributed by atoms with Gasteiger partial charge in [-0.3, -0.25) is 19.3 Å². The van der Waals surface area contributed by atoms with E-state index in [2.05, 4.69) is 4.90 Å². The Bertz CT molecular complexity index is 1350. The number of amides is 1. The molecule has 0 saturated heterocycles. The van der Waals surface area contributed by atoms with E-state index in [1.54, 1.807) is 14.1 Å². The molecule has 1 saturated carbocycles. The van der Waals surface area contributed by atoms with Gasteiger partial charge >= 0.3 is 0 Å². The van der Waals surface area contributed by atoms with Crippen molar-refractivity contribution in [3.8, 4) is 5.75 Å². The maximum atomic E-state index is 13.7. The molecule has 1 aromatic rings. The van der Waals surface area contributed by atoms with Crippen molar-refractivity contribution >= 4 is 29.1 Å². The Kier molecular flexibility index (Phi) is 6.82. The lowest BCUT2D eigenvalue weighted by molar-refractivity contribution is -0.148. The molecule has 210 valence electrons. The lowest BCUT2D eigenvalue weighted by Crippen LogP contribution is -2.63. The minimum atomic E-state index is -2.66. The summed E-state index contributed by atoms with van der Waals surface area (Å²) in [4.78, 5) is 42.8. The van der Waals surface area contributed by atoms with Crippen molar-refractivity contribution in [2.75, 3.05) is 27.7 Å². The van der Waals surface area contributed by atoms with Crippen molar-refractivity contribution in [3.63, 3.8) is 0 Å². The van der Waals surface area contributed by atoms with E-state index in [-0.39, 0.29) is 29.7 Å². The highest BCUT2D eigenvalue weighted by atomic mass is 35.5. The van der Waals surface area contributed by atoms with E-state index in [0.717, 1.165) is 6.54 Å². The highest BCUT2D eigenvalue weighted by Crippen LogP contribution is 2.53. The van der Waals surface area contributed by atoms with Crippen LogP contribution in [0.3, 0.4) is 0 Å². The summed E-state index contributed by atoms with van der Waals surface area (Å²) in [7, 11) is 5.17. The number of likely N-dealkylation sites (N-methyl/N-ethyl adjacent to an activating group) is 1. The number of carbonyl (C=O) groups excluding carboxylic acids is 3. The van der Waals surface area contributed by atoms with Crippen LogP contribution in [0.4, 0.5) is 0 Å². The van der Waals surface area contributed by atoms with Crippen LogP contribution in [-0.2, 0) is 22.6 Å². The second kappa shape index (κ2) is 9.62. The third-order valence-electron chi connectivity index (χ3n) is 8.97. The highest BCUT2D eigenvalue weighted by Gasteiger charge is 2.63. The number of aliphatic hydroxyl groups excluding tert-OH is 2. The van der Waals surface area contributed by atoms with Crippen molar-refractivity contribution in [2.24, 2.45) is 23.5 Å². The number of allylic oxidation sites excluding steroid dienone is 1. The largest absolute Gasteiger partial charge is 0.510 e. The summed E-state index contributed by atoms with van der Waals surface area (Å²) in [6, 6.07) is 0.416. The SMILES string of the molecule is CN(Cc1cc(O)c2c(c1Cl)C[C@H]1C[C@H]3[C@H](N(C)C)C(O)=C(C(N)=O)C(=O)[C@@]3(O)C(O)=C1C2=O)CC1CCC1. The summed E-state index contributed by atoms with van der Waals surface area (Å²) in [5, 5.41) is 45.2. The van der Waals surface area contributed by atoms with Crippen molar-refractivity contribution in [3.05, 3.63) is 50.4 Å². The molecule has 0 aliphatic heterocycles. The first-order valence-corrected chi connectivity index (χ1v) is 13.5. The van der Waals surface area contributed by atoms with Gasteiger partial charge < -0.3 is 31.1 Å². The highest BCUT2D eigenvalue weighted by molar-refractivity contribution is 6.33. The van der Waals surface area contributed by atoms with Gasteiger partial charge in [0.2, 0.25) is 5.78 Å². The summed E-state index contributed by atoms with van der Waals surface area (Å²) < 4.78 is 0. The van der Waals surface area contributed by atoms with Gasteiger partial charge in [-0.2, -0.15) is 0 Å². The molecule has 10 nitrogen and oxygen atoms in total. The van der Waals surface area contributed by atoms with Gasteiger partial charge in [0.25, 0.3) is 5.91 Å². The zero-order valence-corrected chi connectivity index (χ0v) is 23.0. The minimum absolute atomic E-state index is 0.0225. The van der Waals surface area contributed by atoms with Gasteiger partial charge in [-0.15, -0.1) is 0 Å². The Balaban J connectivity index is 1.58. The molecule has 5 rings (SSSR count). The molecule has 0 radical (unpaired) electrons. The predicted octanol–water partition coefficient (Wildman–Crippen LogP) is 2.01. The zero-order valence-electron chi connectivity index (χ0n) is 22.2. The van der Waals surface area contributed by atoms with E-state index in [1.807, 2.05) is 7.05 Å². The van der Waals surface area contributed by atoms with Gasteiger partial charge in [-0.1, -0.05) is 18.0 Å². The third kappa shape index (κ3) is 4.07. The maximum absolute atomic E-state index is 13.7. The minimum Gasteiger partial charge on any atom is -0.510 e. The fourth-order valence-electron chi connectivity index (χ4n) is 6.94. The van der Waals surface area contributed by atoms with Crippen LogP contribution >= 0.6 is 11.6 Å². The van der Waals surface area contributed by atoms with E-state index in [1.165, 1.54) is 30.2 Å². The van der Waals surface area contributed by atoms with E-state index < -0.39 is 58.0 Å². The smallest absolute Gasteiger partial charge is 0.255 e. The molecule has 4 aliphatic carbocycles. The molecule has 11 heteroatoms. The third-order valence-corrected chi connectivity index (χ3v) is 9.44. The van der Waals surface area contributed by atoms with E-state index in [9.17, 15) is 34.8 Å². The molecule has 4 aliphatic rings. The van der Waals surface area contributed by atoms with E-state index >= 15 is 0 Å². The Morgan fingerprint density at radius 2 is 1.85 bits per heavy atom. The van der Waals surface area contributed by atoms with Crippen LogP contribution in [-0.4, -0.2) is 87.0 Å². The van der Waals surface area contributed by atoms with Crippen LogP contribution in [0.15, 0.2) is 28.7 Å². The molecule has 1 amide bonds. The molecule has 4 atom stereocenters. The van der Waals surface area contributed by atoms with Crippen molar-refractivity contribution in [1.82, 2.24) is 9.80 Å². The first kappa shape index (κ1) is 27.6. The molecule has 0 unspecified atom stereocenters. The van der Waals surface area contributed by atoms with E-state index in [0.29, 0.717) is 28.6 Å². The summed E-state index contributed by atoms with van der Waals surface area (Å²) in [6.07, 6.45) is 3.81. The van der Waals surface area contributed by atoms with E-state index in [4.69, 9.17) is 17.3 Å². The second-order valence-electron chi connectivity index (χ2n) is 11.7. The number of benzene rings is 1. The lowest BCUT2D eigenvalue weighted by atomic mass is 9.58. The summed E-state index contributed by atoms with van der Waals surface area (Å²) in [5.41, 5.74) is 2.72. The molecule has 1 fully saturated rings. The van der Waals surface area contributed by atoms with Crippen LogP contribution in [0.1, 0.15) is 47.2 Å². The summed E-state index contributed by atoms with van der Waals surface area (Å²) in [6.45, 7) is 1.39. The number of hydrogen-bond acceptors (Lipinski definition) is 9. The molecule has 39 heavy (non-hydrogen) atoms. The Morgan fingerprint density at radius 1 is 1.18 bits per heavy atom. The number of rotatable bonds is 6. The molecular weight excluding hydrogens is 526 g/mol. The quantitative estimate of drug-likeness (QED) is 0.328. The topological polar surface area (TPSA) is 165 Å². The van der Waals surface area contributed by atoms with Gasteiger partial charge in [-0.25, -0.2) is 0 Å². The zero-order chi connectivity index (χ0) is 28.5. The average Bonchev–Trinajstić information content (AvgIpc) is 2.81. The lowest BCUT2D eigenvalue weighted by Gasteiger charge is -2.50. The van der Waals surface area contributed by atoms with Crippen LogP contribution in [0.5, 0.6) is 5.75 Å². The van der Waals surface area contributed by atoms with Crippen molar-refractivity contribution in [2.45, 2.75) is 50.3 Å². The second-order valence-corrected chi connectivity index (χ2v) is 12.1. The number of ketones is 2. The summed E-state index contributed by atoms with van der Waals surface area (Å²) >= 11 is 6.83. The number of hydrogen-bond donors (Lipinski definition) is 5. The fourth-order valence-corrected chi connectivity index (χ4v) is 7.23. The Morgan fingerprint density at radius 3 is 2.41 bits per heavy atom. The van der Waals surface area contributed by atoms with Crippen molar-refractivity contribution < 1.29 is 34.8 Å². The van der Waals surface area contributed by atoms with Gasteiger partial charge in [0, 0.05) is 29.6 Å². The number of nitrogens with zero attached hydrogens (tertiary/aromatic N) is 2. The van der Waals surface area contributed by atoms with Gasteiger partial charge in [-0.05, 0) is 75.9 Å². The number of carbonyl (C=O) groups is 3. The van der Waals surface area contributed by atoms with Crippen LogP contribution in [0.25, 0.3) is 0 Å². The number of fused-ring (bicyclic) bond motifs is 3. The number of primary amides is 1. The number of aromatic hydroxyl groups is 1. The molecular formula is C28H34ClN3O7. The van der Waals surface area contributed by atoms with Gasteiger partial charge in [0.15, 0.2) is 11.4 Å². The first-order valence-electron chi connectivity index (χ1n) is 13.2. The number of phenols is 1. The Hall–Kier alpha value is -2.92. The Labute approximate surface area is 231 Å². The number of phenolic OH excluding ortho intramolecular Hbond substituents is 1. The number of aliphatic hydroxyl groups is 3. The maximum Gasteiger partial charge on any atom is 0.255 e. The number of nitrogens with two attached hydrogens (primary N) is 1. The fraction of sp³-hybridized carbons (Fsp3) is 0.536. The first-order chi connectivity index (χ1) is 18.3. The van der Waals surface area contributed by atoms with Crippen LogP contribution in [0, 0.1) is 17.8 Å². The average molecular weight is 560 g/mol. The summed E-state index contributed by atoms with van der Waals surface area (Å²) in [5.74, 6) is -6.13.